The number of halogens is 1. The summed E-state index contributed by atoms with van der Waals surface area (Å²) < 4.78 is 14.1. The molecule has 0 radical (unpaired) electrons. The number of rotatable bonds is 8. The van der Waals surface area contributed by atoms with Gasteiger partial charge in [-0.3, -0.25) is 14.7 Å². The Morgan fingerprint density at radius 2 is 1.90 bits per heavy atom. The van der Waals surface area contributed by atoms with Crippen LogP contribution in [0.1, 0.15) is 18.4 Å². The van der Waals surface area contributed by atoms with Crippen LogP contribution >= 0.6 is 23.1 Å². The average Bonchev–Trinajstić information content (AvgIpc) is 3.21. The molecule has 2 aromatic carbocycles. The first-order chi connectivity index (χ1) is 14.7. The minimum atomic E-state index is -0.239. The summed E-state index contributed by atoms with van der Waals surface area (Å²) in [6.45, 7) is 0.442. The second-order valence-electron chi connectivity index (χ2n) is 6.71. The number of aromatic nitrogens is 2. The molecule has 0 fully saturated rings. The Balaban J connectivity index is 1.44. The van der Waals surface area contributed by atoms with Crippen molar-refractivity contribution in [3.05, 3.63) is 84.4 Å². The number of benzene rings is 2. The van der Waals surface area contributed by atoms with Crippen LogP contribution in [0.4, 0.5) is 9.52 Å². The molecule has 7 heteroatoms. The molecule has 4 rings (SSSR count). The van der Waals surface area contributed by atoms with Gasteiger partial charge in [-0.1, -0.05) is 29.5 Å². The Morgan fingerprint density at radius 3 is 2.67 bits per heavy atom. The maximum atomic E-state index is 13.1. The molecule has 0 N–H and O–H groups in total. The first kappa shape index (κ1) is 20.5. The number of fused-ring (bicyclic) bond motifs is 1. The fourth-order valence-electron chi connectivity index (χ4n) is 2.99. The molecule has 0 aliphatic heterocycles. The highest BCUT2D eigenvalue weighted by Crippen LogP contribution is 2.30. The van der Waals surface area contributed by atoms with Crippen molar-refractivity contribution in [1.29, 1.82) is 0 Å². The molecule has 30 heavy (non-hydrogen) atoms. The number of amides is 1. The Labute approximate surface area is 182 Å². The van der Waals surface area contributed by atoms with Crippen molar-refractivity contribution in [2.24, 2.45) is 0 Å². The van der Waals surface area contributed by atoms with Gasteiger partial charge in [-0.2, -0.15) is 0 Å². The van der Waals surface area contributed by atoms with Crippen LogP contribution in [0.15, 0.2) is 78.0 Å². The van der Waals surface area contributed by atoms with E-state index in [-0.39, 0.29) is 11.7 Å². The molecular weight excluding hydrogens is 417 g/mol. The first-order valence-electron chi connectivity index (χ1n) is 9.62. The van der Waals surface area contributed by atoms with Gasteiger partial charge in [0, 0.05) is 23.7 Å². The van der Waals surface area contributed by atoms with E-state index in [1.54, 1.807) is 41.2 Å². The summed E-state index contributed by atoms with van der Waals surface area (Å²) >= 11 is 3.15. The Morgan fingerprint density at radius 1 is 1.07 bits per heavy atom. The van der Waals surface area contributed by atoms with E-state index in [2.05, 4.69) is 9.97 Å². The number of thioether (sulfide) groups is 1. The van der Waals surface area contributed by atoms with E-state index in [0.29, 0.717) is 18.1 Å². The zero-order chi connectivity index (χ0) is 20.8. The number of para-hydroxylation sites is 1. The number of nitrogens with zero attached hydrogens (tertiary/aromatic N) is 3. The lowest BCUT2D eigenvalue weighted by atomic mass is 10.2. The fraction of sp³-hybridized carbons (Fsp3) is 0.174. The molecule has 4 nitrogen and oxygen atoms in total. The van der Waals surface area contributed by atoms with Crippen LogP contribution in [0.25, 0.3) is 10.2 Å². The summed E-state index contributed by atoms with van der Waals surface area (Å²) in [6, 6.07) is 18.2. The SMILES string of the molecule is O=C(CCCSc1ccc(F)cc1)N(Cc1cccnc1)c1nc2ccccc2s1. The third-order valence-corrected chi connectivity index (χ3v) is 6.65. The van der Waals surface area contributed by atoms with Crippen LogP contribution < -0.4 is 4.90 Å². The van der Waals surface area contributed by atoms with E-state index in [1.165, 1.54) is 23.5 Å². The van der Waals surface area contributed by atoms with Crippen molar-refractivity contribution in [2.75, 3.05) is 10.7 Å². The summed E-state index contributed by atoms with van der Waals surface area (Å²) in [4.78, 5) is 24.7. The van der Waals surface area contributed by atoms with E-state index in [0.717, 1.165) is 32.8 Å². The zero-order valence-electron chi connectivity index (χ0n) is 16.2. The predicted octanol–water partition coefficient (Wildman–Crippen LogP) is 5.94. The van der Waals surface area contributed by atoms with Crippen LogP contribution in [0.2, 0.25) is 0 Å². The van der Waals surface area contributed by atoms with E-state index in [4.69, 9.17) is 0 Å². The Kier molecular flexibility index (Phi) is 6.71. The van der Waals surface area contributed by atoms with Crippen LogP contribution in [0, 0.1) is 5.82 Å². The number of hydrogen-bond acceptors (Lipinski definition) is 5. The smallest absolute Gasteiger partial charge is 0.229 e. The van der Waals surface area contributed by atoms with Gasteiger partial charge in [0.05, 0.1) is 16.8 Å². The van der Waals surface area contributed by atoms with Gasteiger partial charge >= 0.3 is 0 Å². The summed E-state index contributed by atoms with van der Waals surface area (Å²) in [5.41, 5.74) is 1.86. The summed E-state index contributed by atoms with van der Waals surface area (Å²) in [5.74, 6) is 0.590. The molecular formula is C23H20FN3OS2. The number of carbonyl (C=O) groups is 1. The van der Waals surface area contributed by atoms with Gasteiger partial charge in [-0.25, -0.2) is 9.37 Å². The third-order valence-electron chi connectivity index (χ3n) is 4.50. The molecule has 0 saturated heterocycles. The zero-order valence-corrected chi connectivity index (χ0v) is 17.8. The molecule has 1 amide bonds. The molecule has 4 aromatic rings. The molecule has 0 aliphatic rings. The van der Waals surface area contributed by atoms with E-state index in [9.17, 15) is 9.18 Å². The second-order valence-corrected chi connectivity index (χ2v) is 8.89. The van der Waals surface area contributed by atoms with E-state index >= 15 is 0 Å². The van der Waals surface area contributed by atoms with Gasteiger partial charge in [0.2, 0.25) is 5.91 Å². The Bertz CT molecular complexity index is 1080. The van der Waals surface area contributed by atoms with Crippen molar-refractivity contribution in [3.63, 3.8) is 0 Å². The monoisotopic (exact) mass is 437 g/mol. The number of thiazole rings is 1. The molecule has 152 valence electrons. The molecule has 0 unspecified atom stereocenters. The highest BCUT2D eigenvalue weighted by molar-refractivity contribution is 7.99. The number of anilines is 1. The second kappa shape index (κ2) is 9.82. The Hall–Kier alpha value is -2.77. The predicted molar refractivity (Wildman–Crippen MR) is 121 cm³/mol. The van der Waals surface area contributed by atoms with E-state index < -0.39 is 0 Å². The van der Waals surface area contributed by atoms with Crippen LogP contribution in [-0.4, -0.2) is 21.6 Å². The summed E-state index contributed by atoms with van der Waals surface area (Å²) in [6.07, 6.45) is 4.65. The fourth-order valence-corrected chi connectivity index (χ4v) is 4.83. The van der Waals surface area contributed by atoms with Crippen molar-refractivity contribution in [2.45, 2.75) is 24.3 Å². The van der Waals surface area contributed by atoms with Crippen LogP contribution in [0.5, 0.6) is 0 Å². The number of carbonyl (C=O) groups excluding carboxylic acids is 1. The maximum absolute atomic E-state index is 13.1. The van der Waals surface area contributed by atoms with E-state index in [1.807, 2.05) is 36.4 Å². The van der Waals surface area contributed by atoms with Crippen LogP contribution in [0.3, 0.4) is 0 Å². The maximum Gasteiger partial charge on any atom is 0.229 e. The van der Waals surface area contributed by atoms with Crippen molar-refractivity contribution < 1.29 is 9.18 Å². The number of hydrogen-bond donors (Lipinski definition) is 0. The van der Waals surface area contributed by atoms with Gasteiger partial charge in [-0.15, -0.1) is 11.8 Å². The van der Waals surface area contributed by atoms with Crippen molar-refractivity contribution in [3.8, 4) is 0 Å². The van der Waals surface area contributed by atoms with Gasteiger partial charge < -0.3 is 0 Å². The molecule has 2 aromatic heterocycles. The quantitative estimate of drug-likeness (QED) is 0.253. The minimum absolute atomic E-state index is 0.0395. The molecule has 0 atom stereocenters. The highest BCUT2D eigenvalue weighted by Gasteiger charge is 2.20. The van der Waals surface area contributed by atoms with Crippen molar-refractivity contribution in [1.82, 2.24) is 9.97 Å². The first-order valence-corrected chi connectivity index (χ1v) is 11.4. The van der Waals surface area contributed by atoms with Crippen molar-refractivity contribution >= 4 is 44.4 Å². The molecule has 0 aliphatic carbocycles. The third kappa shape index (κ3) is 5.23. The average molecular weight is 438 g/mol. The molecule has 2 heterocycles. The topological polar surface area (TPSA) is 46.1 Å². The normalized spacial score (nSPS) is 11.0. The molecule has 0 spiro atoms. The lowest BCUT2D eigenvalue weighted by Gasteiger charge is -2.20. The van der Waals surface area contributed by atoms with Gasteiger partial charge in [-0.05, 0) is 60.2 Å². The standard InChI is InChI=1S/C23H20FN3OS2/c24-18-9-11-19(12-10-18)29-14-4-8-22(28)27(16-17-5-3-13-25-15-17)23-26-20-6-1-2-7-21(20)30-23/h1-3,5-7,9-13,15H,4,8,14,16H2. The molecule has 0 saturated carbocycles. The summed E-state index contributed by atoms with van der Waals surface area (Å²) in [5, 5.41) is 0.705. The lowest BCUT2D eigenvalue weighted by Crippen LogP contribution is -2.30. The highest BCUT2D eigenvalue weighted by atomic mass is 32.2. The van der Waals surface area contributed by atoms with Gasteiger partial charge in [0.1, 0.15) is 5.82 Å². The lowest BCUT2D eigenvalue weighted by molar-refractivity contribution is -0.118. The number of pyridine rings is 1. The summed E-state index contributed by atoms with van der Waals surface area (Å²) in [7, 11) is 0. The minimum Gasteiger partial charge on any atom is -0.284 e. The van der Waals surface area contributed by atoms with Gasteiger partial charge in [0.25, 0.3) is 0 Å². The largest absolute Gasteiger partial charge is 0.284 e. The van der Waals surface area contributed by atoms with Gasteiger partial charge in [0.15, 0.2) is 5.13 Å². The molecule has 0 bridgehead atoms. The van der Waals surface area contributed by atoms with Crippen LogP contribution in [-0.2, 0) is 11.3 Å².